The van der Waals surface area contributed by atoms with E-state index in [-0.39, 0.29) is 18.4 Å². The van der Waals surface area contributed by atoms with Crippen LogP contribution in [-0.2, 0) is 29.5 Å². The van der Waals surface area contributed by atoms with Gasteiger partial charge in [-0.2, -0.15) is 15.2 Å². The Balaban J connectivity index is 1.35. The van der Waals surface area contributed by atoms with Crippen molar-refractivity contribution >= 4 is 23.3 Å². The summed E-state index contributed by atoms with van der Waals surface area (Å²) in [6, 6.07) is 8.72. The number of hydrogen-bond acceptors (Lipinski definition) is 7. The van der Waals surface area contributed by atoms with E-state index >= 15 is 0 Å². The molecule has 1 aromatic heterocycles. The number of likely N-dealkylation sites (N-methyl/N-ethyl adjacent to an activating group) is 1. The summed E-state index contributed by atoms with van der Waals surface area (Å²) in [5.41, 5.74) is 4.79. The number of amides is 1. The van der Waals surface area contributed by atoms with Crippen LogP contribution in [0.15, 0.2) is 30.6 Å². The number of piperazine rings is 1. The number of aromatic nitrogens is 2. The molecule has 10 heteroatoms. The van der Waals surface area contributed by atoms with E-state index in [1.807, 2.05) is 6.07 Å². The lowest BCUT2D eigenvalue weighted by atomic mass is 9.62. The fourth-order valence-electron chi connectivity index (χ4n) is 7.56. The molecule has 0 N–H and O–H groups in total. The molecule has 222 valence electrons. The minimum atomic E-state index is -1.00. The molecule has 1 aromatic carbocycles. The molecule has 2 fully saturated rings. The topological polar surface area (TPSA) is 85.6 Å². The normalized spacial score (nSPS) is 25.6. The standard InChI is InChI=1S/C32H38ClFN6O2/c1-21(34)30(41)40-16-15-39(19-24(40)10-13-35)29-26-9-12-32(11-3-5-22-7-8-23(33)17-27(22)32)18-28(26)36-31(37-29)42-20-25-6-4-14-38(25)2/h7-8,17,24-25H,1,3-6,9-12,14-16,18-20H2,2H3/t24-,25-,32?/m0/s1. The van der Waals surface area contributed by atoms with E-state index in [1.165, 1.54) is 16.0 Å². The van der Waals surface area contributed by atoms with Crippen LogP contribution in [0.1, 0.15) is 60.9 Å². The molecule has 4 aliphatic rings. The molecule has 2 aliphatic heterocycles. The van der Waals surface area contributed by atoms with Gasteiger partial charge in [0.1, 0.15) is 12.4 Å². The lowest BCUT2D eigenvalue weighted by molar-refractivity contribution is -0.131. The Hall–Kier alpha value is -3.22. The van der Waals surface area contributed by atoms with Crippen LogP contribution >= 0.6 is 11.6 Å². The molecule has 1 amide bonds. The van der Waals surface area contributed by atoms with Crippen LogP contribution in [0.2, 0.25) is 5.02 Å². The third-order valence-corrected chi connectivity index (χ3v) is 10.1. The minimum Gasteiger partial charge on any atom is -0.462 e. The average molecular weight is 593 g/mol. The lowest BCUT2D eigenvalue weighted by Crippen LogP contribution is -2.55. The number of hydrogen-bond donors (Lipinski definition) is 0. The third kappa shape index (κ3) is 5.47. The quantitative estimate of drug-likeness (QED) is 0.446. The molecular weight excluding hydrogens is 555 g/mol. The second-order valence-corrected chi connectivity index (χ2v) is 12.8. The van der Waals surface area contributed by atoms with Crippen LogP contribution in [0.5, 0.6) is 6.01 Å². The first-order chi connectivity index (χ1) is 20.3. The number of anilines is 1. The SMILES string of the molecule is C=C(F)C(=O)N1CCN(c2nc(OC[C@@H]3CCCN3C)nc3c2CCC2(CCCc4ccc(Cl)cc42)C3)C[C@@H]1CC#N. The first-order valence-electron chi connectivity index (χ1n) is 15.1. The summed E-state index contributed by atoms with van der Waals surface area (Å²) in [4.78, 5) is 28.4. The van der Waals surface area contributed by atoms with E-state index in [0.717, 1.165) is 80.0 Å². The van der Waals surface area contributed by atoms with Crippen molar-refractivity contribution in [2.24, 2.45) is 0 Å². The van der Waals surface area contributed by atoms with Crippen molar-refractivity contribution in [1.82, 2.24) is 19.8 Å². The number of likely N-dealkylation sites (tertiary alicyclic amines) is 1. The summed E-state index contributed by atoms with van der Waals surface area (Å²) in [5, 5.41) is 10.3. The molecule has 8 nitrogen and oxygen atoms in total. The lowest BCUT2D eigenvalue weighted by Gasteiger charge is -2.45. The summed E-state index contributed by atoms with van der Waals surface area (Å²) in [7, 11) is 2.12. The summed E-state index contributed by atoms with van der Waals surface area (Å²) in [6.07, 6.45) is 8.18. The van der Waals surface area contributed by atoms with Crippen LogP contribution in [0.3, 0.4) is 0 Å². The highest BCUT2D eigenvalue weighted by Crippen LogP contribution is 2.48. The molecule has 42 heavy (non-hydrogen) atoms. The zero-order chi connectivity index (χ0) is 29.4. The molecule has 2 aromatic rings. The number of carbonyl (C=O) groups excluding carboxylic acids is 1. The minimum absolute atomic E-state index is 0.0318. The van der Waals surface area contributed by atoms with E-state index < -0.39 is 17.8 Å². The molecule has 2 saturated heterocycles. The Kier molecular flexibility index (Phi) is 8.12. The highest BCUT2D eigenvalue weighted by molar-refractivity contribution is 6.30. The number of rotatable bonds is 6. The number of fused-ring (bicyclic) bond motifs is 3. The Morgan fingerprint density at radius 2 is 2.07 bits per heavy atom. The molecule has 1 spiro atoms. The second kappa shape index (κ2) is 11.8. The van der Waals surface area contributed by atoms with Gasteiger partial charge in [0.25, 0.3) is 5.91 Å². The molecule has 0 saturated carbocycles. The third-order valence-electron chi connectivity index (χ3n) is 9.83. The van der Waals surface area contributed by atoms with Crippen molar-refractivity contribution in [2.75, 3.05) is 44.7 Å². The van der Waals surface area contributed by atoms with Gasteiger partial charge in [-0.15, -0.1) is 0 Å². The molecule has 1 unspecified atom stereocenters. The Morgan fingerprint density at radius 3 is 2.83 bits per heavy atom. The summed E-state index contributed by atoms with van der Waals surface area (Å²) < 4.78 is 20.1. The molecule has 6 rings (SSSR count). The van der Waals surface area contributed by atoms with E-state index in [2.05, 4.69) is 41.6 Å². The van der Waals surface area contributed by atoms with Gasteiger partial charge < -0.3 is 19.4 Å². The fraction of sp³-hybridized carbons (Fsp3) is 0.562. The van der Waals surface area contributed by atoms with Crippen molar-refractivity contribution in [3.8, 4) is 12.1 Å². The van der Waals surface area contributed by atoms with Crippen LogP contribution < -0.4 is 9.64 Å². The highest BCUT2D eigenvalue weighted by Gasteiger charge is 2.42. The van der Waals surface area contributed by atoms with Crippen LogP contribution in [0.4, 0.5) is 10.2 Å². The van der Waals surface area contributed by atoms with Gasteiger partial charge in [-0.3, -0.25) is 4.79 Å². The predicted molar refractivity (Wildman–Crippen MR) is 159 cm³/mol. The number of nitrogens with zero attached hydrogens (tertiary/aromatic N) is 6. The molecule has 3 heterocycles. The van der Waals surface area contributed by atoms with Crippen LogP contribution in [-0.4, -0.2) is 77.6 Å². The number of nitriles is 1. The molecule has 0 radical (unpaired) electrons. The number of carbonyl (C=O) groups is 1. The first-order valence-corrected chi connectivity index (χ1v) is 15.4. The summed E-state index contributed by atoms with van der Waals surface area (Å²) in [6.45, 7) is 5.91. The highest BCUT2D eigenvalue weighted by atomic mass is 35.5. The molecule has 0 bridgehead atoms. The van der Waals surface area contributed by atoms with E-state index in [0.29, 0.717) is 31.7 Å². The first kappa shape index (κ1) is 28.9. The predicted octanol–water partition coefficient (Wildman–Crippen LogP) is 4.78. The van der Waals surface area contributed by atoms with Gasteiger partial charge in [-0.05, 0) is 88.2 Å². The average Bonchev–Trinajstić information content (AvgIpc) is 3.40. The Labute approximate surface area is 252 Å². The Bertz CT molecular complexity index is 1430. The van der Waals surface area contributed by atoms with Gasteiger partial charge >= 0.3 is 6.01 Å². The zero-order valence-corrected chi connectivity index (χ0v) is 25.0. The maximum Gasteiger partial charge on any atom is 0.318 e. The molecular formula is C32H38ClFN6O2. The van der Waals surface area contributed by atoms with Gasteiger partial charge in [0.2, 0.25) is 0 Å². The molecule has 3 atom stereocenters. The van der Waals surface area contributed by atoms with Crippen LogP contribution in [0, 0.1) is 11.3 Å². The largest absolute Gasteiger partial charge is 0.462 e. The number of aryl methyl sites for hydroxylation is 1. The van der Waals surface area contributed by atoms with Crippen molar-refractivity contribution in [2.45, 2.75) is 75.3 Å². The smallest absolute Gasteiger partial charge is 0.318 e. The maximum absolute atomic E-state index is 13.8. The fourth-order valence-corrected chi connectivity index (χ4v) is 7.74. The number of benzene rings is 1. The number of halogens is 2. The molecule has 2 aliphatic carbocycles. The maximum atomic E-state index is 13.8. The van der Waals surface area contributed by atoms with Crippen LogP contribution in [0.25, 0.3) is 0 Å². The van der Waals surface area contributed by atoms with Crippen molar-refractivity contribution in [1.29, 1.82) is 5.26 Å². The summed E-state index contributed by atoms with van der Waals surface area (Å²) >= 11 is 6.50. The van der Waals surface area contributed by atoms with E-state index in [1.54, 1.807) is 0 Å². The van der Waals surface area contributed by atoms with Gasteiger partial charge in [0, 0.05) is 41.7 Å². The Morgan fingerprint density at radius 1 is 1.21 bits per heavy atom. The van der Waals surface area contributed by atoms with E-state index in [4.69, 9.17) is 26.3 Å². The summed E-state index contributed by atoms with van der Waals surface area (Å²) in [5.74, 6) is -0.946. The zero-order valence-electron chi connectivity index (χ0n) is 24.2. The second-order valence-electron chi connectivity index (χ2n) is 12.3. The van der Waals surface area contributed by atoms with Crippen molar-refractivity contribution < 1.29 is 13.9 Å². The van der Waals surface area contributed by atoms with E-state index in [9.17, 15) is 14.4 Å². The van der Waals surface area contributed by atoms with Gasteiger partial charge in [0.15, 0.2) is 5.83 Å². The van der Waals surface area contributed by atoms with Gasteiger partial charge in [-0.1, -0.05) is 24.2 Å². The van der Waals surface area contributed by atoms with Gasteiger partial charge in [0.05, 0.1) is 24.2 Å². The van der Waals surface area contributed by atoms with Crippen molar-refractivity contribution in [3.63, 3.8) is 0 Å². The monoisotopic (exact) mass is 592 g/mol. The van der Waals surface area contributed by atoms with Crippen molar-refractivity contribution in [3.05, 3.63) is 58.0 Å². The number of ether oxygens (including phenoxy) is 1. The van der Waals surface area contributed by atoms with Gasteiger partial charge in [-0.25, -0.2) is 4.39 Å².